The summed E-state index contributed by atoms with van der Waals surface area (Å²) in [6.45, 7) is 2.88. The molecular weight excluding hydrogens is 903 g/mol. The van der Waals surface area contributed by atoms with Gasteiger partial charge in [0, 0.05) is 53.9 Å². The Kier molecular flexibility index (Phi) is 14.8. The Morgan fingerprint density at radius 2 is 1.45 bits per heavy atom. The summed E-state index contributed by atoms with van der Waals surface area (Å²) in [6.07, 6.45) is 12.4. The minimum absolute atomic E-state index is 0.00118. The molecule has 338 valence electrons. The first-order chi connectivity index (χ1) is 31.1. The minimum atomic E-state index is -3.83. The van der Waals surface area contributed by atoms with E-state index in [1.165, 1.54) is 18.4 Å². The number of benzene rings is 4. The standard InChI is InChI=1S/C48H49N5O8S4/c1-33-19-25-41-39(31-33)51(29-11-17-43(54)49-64(3,57)58)45(62-41)27-23-34-20-21-35(47(34)53(37-13-7-5-8-14-37)38-15-9-6-10-16-38)24-28-46-52(30-12-18-44(55)50-65(4,59)60)40-32-36(48(56)61-2)22-26-42(40)63-46/h5-10,13-16,19,22-28,31-32H,11-12,17-18,20-21,29-30H2,1-4H3,(H-,49,50,54,55)/p-1. The monoisotopic (exact) mass is 950 g/mol. The van der Waals surface area contributed by atoms with Crippen molar-refractivity contribution in [1.29, 1.82) is 0 Å². The Labute approximate surface area is 388 Å². The number of hydrogen-bond acceptors (Lipinski definition) is 12. The van der Waals surface area contributed by atoms with Gasteiger partial charge in [-0.3, -0.25) is 0 Å². The molecule has 2 amide bonds. The SMILES string of the molecule is COC(=O)c1ccc2sc(/C=C/C3=C(N(c4ccccc4)c4ccccc4)C(=C/C=C4\Sc5ccc(C)cc5N4CCCC(=O)[N-]S(C)(=O)=O)/CC3)[n+](CCCC(=O)[N-]S(C)(=O)=O)c2c1. The van der Waals surface area contributed by atoms with Crippen molar-refractivity contribution in [3.8, 4) is 0 Å². The molecular formula is C48H48N5O8S4-. The molecule has 65 heavy (non-hydrogen) atoms. The molecule has 0 bridgehead atoms. The topological polar surface area (TPSA) is 167 Å². The zero-order chi connectivity index (χ0) is 46.3. The summed E-state index contributed by atoms with van der Waals surface area (Å²) in [6, 6.07) is 32.0. The van der Waals surface area contributed by atoms with Crippen LogP contribution in [-0.2, 0) is 40.9 Å². The molecule has 0 saturated heterocycles. The minimum Gasteiger partial charge on any atom is -0.546 e. The first-order valence-electron chi connectivity index (χ1n) is 20.8. The molecule has 0 radical (unpaired) electrons. The first kappa shape index (κ1) is 47.0. The number of anilines is 3. The molecule has 7 rings (SSSR count). The number of ether oxygens (including phenoxy) is 1. The van der Waals surface area contributed by atoms with Crippen LogP contribution in [0.15, 0.2) is 142 Å². The van der Waals surface area contributed by atoms with Gasteiger partial charge in [-0.2, -0.15) is 4.57 Å². The predicted molar refractivity (Wildman–Crippen MR) is 259 cm³/mol. The summed E-state index contributed by atoms with van der Waals surface area (Å²) in [4.78, 5) is 42.9. The van der Waals surface area contributed by atoms with Gasteiger partial charge < -0.3 is 33.6 Å². The van der Waals surface area contributed by atoms with Crippen molar-refractivity contribution < 1.29 is 40.5 Å². The number of aryl methyl sites for hydroxylation is 2. The number of esters is 1. The number of hydrogen-bond donors (Lipinski definition) is 0. The van der Waals surface area contributed by atoms with E-state index in [9.17, 15) is 31.2 Å². The highest BCUT2D eigenvalue weighted by molar-refractivity contribution is 8.03. The van der Waals surface area contributed by atoms with Crippen molar-refractivity contribution in [3.63, 3.8) is 0 Å². The maximum absolute atomic E-state index is 12.6. The Bertz CT molecular complexity index is 2940. The van der Waals surface area contributed by atoms with Crippen LogP contribution >= 0.6 is 23.1 Å². The number of carbonyl (C=O) groups excluding carboxylic acids is 3. The number of sulfonamides is 2. The van der Waals surface area contributed by atoms with Crippen molar-refractivity contribution in [2.24, 2.45) is 0 Å². The van der Waals surface area contributed by atoms with Crippen LogP contribution in [0.3, 0.4) is 0 Å². The third-order valence-corrected chi connectivity index (χ3v) is 13.8. The quantitative estimate of drug-likeness (QED) is 0.0643. The fraction of sp³-hybridized carbons (Fsp3) is 0.250. The van der Waals surface area contributed by atoms with Gasteiger partial charge in [0.1, 0.15) is 4.70 Å². The highest BCUT2D eigenvalue weighted by Crippen LogP contribution is 2.47. The van der Waals surface area contributed by atoms with E-state index in [-0.39, 0.29) is 12.8 Å². The summed E-state index contributed by atoms with van der Waals surface area (Å²) in [5.41, 5.74) is 8.40. The smallest absolute Gasteiger partial charge is 0.338 e. The average molecular weight is 951 g/mol. The Hall–Kier alpha value is -6.01. The van der Waals surface area contributed by atoms with Gasteiger partial charge >= 0.3 is 5.97 Å². The van der Waals surface area contributed by atoms with Crippen molar-refractivity contribution in [2.75, 3.05) is 36.0 Å². The lowest BCUT2D eigenvalue weighted by atomic mass is 10.1. The number of aromatic nitrogens is 1. The lowest BCUT2D eigenvalue weighted by Crippen LogP contribution is -2.35. The largest absolute Gasteiger partial charge is 0.546 e. The van der Waals surface area contributed by atoms with Crippen LogP contribution in [0.25, 0.3) is 25.7 Å². The van der Waals surface area contributed by atoms with Crippen molar-refractivity contribution in [1.82, 2.24) is 0 Å². The number of allylic oxidation sites excluding steroid dienone is 5. The van der Waals surface area contributed by atoms with E-state index < -0.39 is 37.8 Å². The van der Waals surface area contributed by atoms with Gasteiger partial charge in [-0.05, 0) is 116 Å². The molecule has 2 aliphatic rings. The van der Waals surface area contributed by atoms with E-state index in [0.717, 1.165) is 90.0 Å². The maximum Gasteiger partial charge on any atom is 0.338 e. The number of fused-ring (bicyclic) bond motifs is 2. The second-order valence-corrected chi connectivity index (χ2v) is 21.0. The zero-order valence-corrected chi connectivity index (χ0v) is 39.6. The van der Waals surface area contributed by atoms with Crippen molar-refractivity contribution >= 4 is 94.3 Å². The van der Waals surface area contributed by atoms with Gasteiger partial charge in [-0.1, -0.05) is 71.6 Å². The predicted octanol–water partition coefficient (Wildman–Crippen LogP) is 9.84. The number of methoxy groups -OCH3 is 1. The lowest BCUT2D eigenvalue weighted by molar-refractivity contribution is -0.669. The van der Waals surface area contributed by atoms with E-state index >= 15 is 0 Å². The lowest BCUT2D eigenvalue weighted by Gasteiger charge is -2.28. The molecule has 4 aromatic carbocycles. The number of amides is 2. The highest BCUT2D eigenvalue weighted by atomic mass is 32.2. The second-order valence-electron chi connectivity index (χ2n) is 15.5. The van der Waals surface area contributed by atoms with Gasteiger partial charge in [-0.25, -0.2) is 21.6 Å². The van der Waals surface area contributed by atoms with Crippen molar-refractivity contribution in [3.05, 3.63) is 163 Å². The molecule has 0 N–H and O–H groups in total. The average Bonchev–Trinajstić information content (AvgIpc) is 3.93. The molecule has 0 fully saturated rings. The van der Waals surface area contributed by atoms with Gasteiger partial charge in [0.25, 0.3) is 5.01 Å². The summed E-state index contributed by atoms with van der Waals surface area (Å²) >= 11 is 3.18. The number of para-hydroxylation sites is 2. The molecule has 5 aromatic rings. The van der Waals surface area contributed by atoms with Crippen LogP contribution in [0, 0.1) is 6.92 Å². The molecule has 0 saturated carbocycles. The molecule has 1 aliphatic heterocycles. The second kappa shape index (κ2) is 20.4. The van der Waals surface area contributed by atoms with Crippen molar-refractivity contribution in [2.45, 2.75) is 56.9 Å². The van der Waals surface area contributed by atoms with Crippen LogP contribution in [0.2, 0.25) is 0 Å². The first-order valence-corrected chi connectivity index (χ1v) is 26.1. The molecule has 1 aliphatic carbocycles. The van der Waals surface area contributed by atoms with Gasteiger partial charge in [0.15, 0.2) is 6.54 Å². The summed E-state index contributed by atoms with van der Waals surface area (Å²) < 4.78 is 61.2. The Balaban J connectivity index is 1.30. The van der Waals surface area contributed by atoms with E-state index in [2.05, 4.69) is 86.0 Å². The molecule has 1 aromatic heterocycles. The Morgan fingerprint density at radius 1 is 0.800 bits per heavy atom. The molecule has 2 heterocycles. The van der Waals surface area contributed by atoms with Crippen LogP contribution in [-0.4, -0.2) is 60.8 Å². The van der Waals surface area contributed by atoms with Crippen LogP contribution in [0.1, 0.15) is 59.5 Å². The molecule has 17 heteroatoms. The third kappa shape index (κ3) is 12.0. The molecule has 0 atom stereocenters. The maximum atomic E-state index is 12.6. The summed E-state index contributed by atoms with van der Waals surface area (Å²) in [5, 5.41) is 1.83. The van der Waals surface area contributed by atoms with Crippen LogP contribution < -0.4 is 14.4 Å². The fourth-order valence-electron chi connectivity index (χ4n) is 7.73. The molecule has 0 unspecified atom stereocenters. The number of carbonyl (C=O) groups is 3. The zero-order valence-electron chi connectivity index (χ0n) is 36.3. The Morgan fingerprint density at radius 3 is 2.08 bits per heavy atom. The van der Waals surface area contributed by atoms with Crippen LogP contribution in [0.4, 0.5) is 17.1 Å². The van der Waals surface area contributed by atoms with Gasteiger partial charge in [0.05, 0.1) is 60.9 Å². The summed E-state index contributed by atoms with van der Waals surface area (Å²) in [7, 11) is -6.28. The van der Waals surface area contributed by atoms with Crippen LogP contribution in [0.5, 0.6) is 0 Å². The van der Waals surface area contributed by atoms with Gasteiger partial charge in [-0.15, -0.1) is 0 Å². The number of thiazole rings is 1. The van der Waals surface area contributed by atoms with E-state index in [1.807, 2.05) is 54.0 Å². The number of rotatable bonds is 17. The normalized spacial score (nSPS) is 15.3. The highest BCUT2D eigenvalue weighted by Gasteiger charge is 2.29. The molecule has 13 nitrogen and oxygen atoms in total. The van der Waals surface area contributed by atoms with E-state index in [1.54, 1.807) is 23.9 Å². The van der Waals surface area contributed by atoms with Gasteiger partial charge in [0.2, 0.25) is 5.52 Å². The molecule has 0 spiro atoms. The van der Waals surface area contributed by atoms with E-state index in [4.69, 9.17) is 4.74 Å². The number of thioether (sulfide) groups is 1. The number of nitrogens with zero attached hydrogens (tertiary/aromatic N) is 5. The summed E-state index contributed by atoms with van der Waals surface area (Å²) in [5.74, 6) is -1.86. The van der Waals surface area contributed by atoms with E-state index in [0.29, 0.717) is 31.5 Å². The fourth-order valence-corrected chi connectivity index (χ4v) is 10.8. The third-order valence-electron chi connectivity index (χ3n) is 10.5.